The van der Waals surface area contributed by atoms with Crippen LogP contribution >= 0.6 is 0 Å². The lowest BCUT2D eigenvalue weighted by molar-refractivity contribution is -0.144. The molecular weight excluding hydrogens is 322 g/mol. The van der Waals surface area contributed by atoms with Crippen molar-refractivity contribution < 1.29 is 19.6 Å². The number of hydrogen-bond acceptors (Lipinski definition) is 4. The Kier molecular flexibility index (Phi) is 5.32. The van der Waals surface area contributed by atoms with Crippen LogP contribution in [0.3, 0.4) is 0 Å². The average Bonchev–Trinajstić information content (AvgIpc) is 3.50. The van der Waals surface area contributed by atoms with Gasteiger partial charge in [-0.15, -0.1) is 0 Å². The van der Waals surface area contributed by atoms with Crippen LogP contribution in [0.25, 0.3) is 0 Å². The van der Waals surface area contributed by atoms with Gasteiger partial charge in [-0.2, -0.15) is 0 Å². The summed E-state index contributed by atoms with van der Waals surface area (Å²) in [5.41, 5.74) is 1.75. The number of nitrogens with one attached hydrogen (secondary N) is 2. The normalized spacial score (nSPS) is 24.9. The third-order valence-corrected chi connectivity index (χ3v) is 5.79. The molecule has 2 atom stereocenters. The predicted octanol–water partition coefficient (Wildman–Crippen LogP) is 1.35. The number of likely N-dealkylation sites (tertiary alicyclic amines) is 1. The summed E-state index contributed by atoms with van der Waals surface area (Å²) in [4.78, 5) is 39.1. The number of amides is 3. The van der Waals surface area contributed by atoms with Crippen molar-refractivity contribution in [3.05, 3.63) is 0 Å². The Labute approximate surface area is 148 Å². The molecule has 7 nitrogen and oxygen atoms in total. The minimum Gasteiger partial charge on any atom is -0.352 e. The monoisotopic (exact) mass is 351 g/mol. The van der Waals surface area contributed by atoms with Gasteiger partial charge in [0.1, 0.15) is 6.04 Å². The zero-order valence-corrected chi connectivity index (χ0v) is 14.9. The van der Waals surface area contributed by atoms with E-state index in [-0.39, 0.29) is 29.7 Å². The molecule has 0 bridgehead atoms. The first-order valence-corrected chi connectivity index (χ1v) is 9.52. The fraction of sp³-hybridized carbons (Fsp3) is 0.833. The van der Waals surface area contributed by atoms with Crippen LogP contribution in [0, 0.1) is 11.3 Å². The van der Waals surface area contributed by atoms with E-state index in [0.29, 0.717) is 13.0 Å². The van der Waals surface area contributed by atoms with Crippen molar-refractivity contribution in [2.75, 3.05) is 6.54 Å². The molecular formula is C18H29N3O4. The fourth-order valence-corrected chi connectivity index (χ4v) is 3.85. The Morgan fingerprint density at radius 1 is 1.28 bits per heavy atom. The number of unbranched alkanes of at least 4 members (excludes halogenated alkanes) is 1. The first-order valence-electron chi connectivity index (χ1n) is 9.52. The highest BCUT2D eigenvalue weighted by Crippen LogP contribution is 2.55. The zero-order chi connectivity index (χ0) is 18.0. The summed E-state index contributed by atoms with van der Waals surface area (Å²) in [6.07, 6.45) is 7.26. The van der Waals surface area contributed by atoms with Crippen molar-refractivity contribution >= 4 is 17.7 Å². The van der Waals surface area contributed by atoms with Crippen molar-refractivity contribution in [2.24, 2.45) is 11.3 Å². The van der Waals surface area contributed by atoms with Crippen LogP contribution in [-0.4, -0.2) is 46.5 Å². The van der Waals surface area contributed by atoms with Gasteiger partial charge < -0.3 is 10.2 Å². The highest BCUT2D eigenvalue weighted by atomic mass is 16.5. The molecule has 0 aromatic carbocycles. The molecule has 25 heavy (non-hydrogen) atoms. The van der Waals surface area contributed by atoms with Crippen LogP contribution in [0.15, 0.2) is 0 Å². The summed E-state index contributed by atoms with van der Waals surface area (Å²) in [6.45, 7) is 2.66. The topological polar surface area (TPSA) is 98.7 Å². The van der Waals surface area contributed by atoms with E-state index in [9.17, 15) is 14.4 Å². The smallest absolute Gasteiger partial charge is 0.244 e. The summed E-state index contributed by atoms with van der Waals surface area (Å²) >= 11 is 0. The Bertz CT molecular complexity index is 542. The molecule has 3 aliphatic rings. The van der Waals surface area contributed by atoms with E-state index in [1.165, 1.54) is 0 Å². The van der Waals surface area contributed by atoms with Crippen LogP contribution in [0.2, 0.25) is 0 Å². The van der Waals surface area contributed by atoms with Gasteiger partial charge in [0.15, 0.2) is 0 Å². The van der Waals surface area contributed by atoms with E-state index in [1.807, 2.05) is 6.92 Å². The highest BCUT2D eigenvalue weighted by molar-refractivity contribution is 5.91. The average molecular weight is 351 g/mol. The van der Waals surface area contributed by atoms with Crippen molar-refractivity contribution in [1.29, 1.82) is 0 Å². The van der Waals surface area contributed by atoms with Crippen LogP contribution in [0.1, 0.15) is 64.7 Å². The van der Waals surface area contributed by atoms with Gasteiger partial charge in [0.05, 0.1) is 0 Å². The SMILES string of the molecule is CCCCC(CC(=O)NO)C(=O)N1CC2(CC2)CC1C(=O)NC1CC1. The number of hydrogen-bond donors (Lipinski definition) is 3. The molecule has 2 unspecified atom stereocenters. The molecule has 7 heteroatoms. The molecule has 0 aromatic rings. The number of carbonyl (C=O) groups is 3. The highest BCUT2D eigenvalue weighted by Gasteiger charge is 2.56. The summed E-state index contributed by atoms with van der Waals surface area (Å²) in [6, 6.07) is -0.131. The third kappa shape index (κ3) is 4.32. The minimum absolute atomic E-state index is 0.0319. The summed E-state index contributed by atoms with van der Waals surface area (Å²) in [5.74, 6) is -1.18. The number of hydroxylamine groups is 1. The van der Waals surface area contributed by atoms with Crippen LogP contribution in [-0.2, 0) is 14.4 Å². The van der Waals surface area contributed by atoms with E-state index >= 15 is 0 Å². The molecule has 1 spiro atoms. The predicted molar refractivity (Wildman–Crippen MR) is 90.5 cm³/mol. The quantitative estimate of drug-likeness (QED) is 0.454. The molecule has 3 N–H and O–H groups in total. The maximum absolute atomic E-state index is 13.1. The van der Waals surface area contributed by atoms with E-state index in [2.05, 4.69) is 5.32 Å². The second-order valence-electron chi connectivity index (χ2n) is 8.05. The second kappa shape index (κ2) is 7.32. The Balaban J connectivity index is 1.70. The van der Waals surface area contributed by atoms with E-state index in [1.54, 1.807) is 10.4 Å². The van der Waals surface area contributed by atoms with Crippen molar-refractivity contribution in [3.63, 3.8) is 0 Å². The van der Waals surface area contributed by atoms with Crippen LogP contribution < -0.4 is 10.8 Å². The van der Waals surface area contributed by atoms with E-state index < -0.39 is 17.9 Å². The molecule has 1 aliphatic heterocycles. The van der Waals surface area contributed by atoms with E-state index in [0.717, 1.165) is 44.9 Å². The molecule has 1 saturated heterocycles. The van der Waals surface area contributed by atoms with Crippen molar-refractivity contribution in [1.82, 2.24) is 15.7 Å². The van der Waals surface area contributed by atoms with Gasteiger partial charge in [-0.05, 0) is 43.9 Å². The molecule has 3 rings (SSSR count). The van der Waals surface area contributed by atoms with Gasteiger partial charge in [-0.1, -0.05) is 19.8 Å². The molecule has 3 fully saturated rings. The van der Waals surface area contributed by atoms with Crippen molar-refractivity contribution in [3.8, 4) is 0 Å². The van der Waals surface area contributed by atoms with Crippen LogP contribution in [0.4, 0.5) is 0 Å². The fourth-order valence-electron chi connectivity index (χ4n) is 3.85. The van der Waals surface area contributed by atoms with Crippen LogP contribution in [0.5, 0.6) is 0 Å². The first kappa shape index (κ1) is 18.2. The largest absolute Gasteiger partial charge is 0.352 e. The molecule has 0 radical (unpaired) electrons. The molecule has 3 amide bonds. The second-order valence-corrected chi connectivity index (χ2v) is 8.05. The zero-order valence-electron chi connectivity index (χ0n) is 14.9. The lowest BCUT2D eigenvalue weighted by atomic mass is 9.96. The minimum atomic E-state index is -0.547. The Hall–Kier alpha value is -1.63. The molecule has 2 aliphatic carbocycles. The number of nitrogens with zero attached hydrogens (tertiary/aromatic N) is 1. The van der Waals surface area contributed by atoms with Gasteiger partial charge in [0.25, 0.3) is 0 Å². The lowest BCUT2D eigenvalue weighted by Crippen LogP contribution is -2.48. The maximum atomic E-state index is 13.1. The van der Waals surface area contributed by atoms with Crippen molar-refractivity contribution in [2.45, 2.75) is 76.8 Å². The Morgan fingerprint density at radius 2 is 2.00 bits per heavy atom. The van der Waals surface area contributed by atoms with Gasteiger partial charge >= 0.3 is 0 Å². The van der Waals surface area contributed by atoms with Gasteiger partial charge in [-0.25, -0.2) is 5.48 Å². The summed E-state index contributed by atoms with van der Waals surface area (Å²) < 4.78 is 0. The van der Waals surface area contributed by atoms with Gasteiger partial charge in [0, 0.05) is 24.9 Å². The first-order chi connectivity index (χ1) is 12.0. The summed E-state index contributed by atoms with van der Waals surface area (Å²) in [5, 5.41) is 11.8. The number of carbonyl (C=O) groups excluding carboxylic acids is 3. The molecule has 1 heterocycles. The maximum Gasteiger partial charge on any atom is 0.244 e. The molecule has 140 valence electrons. The molecule has 0 aromatic heterocycles. The Morgan fingerprint density at radius 3 is 2.56 bits per heavy atom. The summed E-state index contributed by atoms with van der Waals surface area (Å²) in [7, 11) is 0. The third-order valence-electron chi connectivity index (χ3n) is 5.79. The standard InChI is InChI=1S/C18H29N3O4/c1-2-3-4-12(9-15(22)20-25)17(24)21-11-18(7-8-18)10-14(21)16(23)19-13-5-6-13/h12-14,25H,2-11H2,1H3,(H,19,23)(H,20,22). The number of rotatable bonds is 8. The lowest BCUT2D eigenvalue weighted by Gasteiger charge is -2.28. The van der Waals surface area contributed by atoms with Gasteiger partial charge in [0.2, 0.25) is 17.7 Å². The van der Waals surface area contributed by atoms with E-state index in [4.69, 9.17) is 5.21 Å². The van der Waals surface area contributed by atoms with Gasteiger partial charge in [-0.3, -0.25) is 19.6 Å². The molecule has 2 saturated carbocycles.